The summed E-state index contributed by atoms with van der Waals surface area (Å²) in [6.07, 6.45) is 0. The first-order valence-electron chi connectivity index (χ1n) is 8.00. The van der Waals surface area contributed by atoms with Gasteiger partial charge in [-0.15, -0.1) is 0 Å². The standard InChI is InChI=1S/C17H28N4O/c1-15-5-4-6-16(13-15)14-18-17(22)21-11-9-20(10-12-21)8-7-19(2)3/h4-6,13H,7-12,14H2,1-3H3,(H,18,22). The number of piperazine rings is 1. The molecule has 0 unspecified atom stereocenters. The molecular weight excluding hydrogens is 276 g/mol. The molecule has 0 radical (unpaired) electrons. The van der Waals surface area contributed by atoms with Gasteiger partial charge in [0.05, 0.1) is 0 Å². The third-order valence-corrected chi connectivity index (χ3v) is 4.05. The van der Waals surface area contributed by atoms with Gasteiger partial charge in [-0.1, -0.05) is 29.8 Å². The van der Waals surface area contributed by atoms with Crippen molar-refractivity contribution in [1.82, 2.24) is 20.0 Å². The van der Waals surface area contributed by atoms with E-state index >= 15 is 0 Å². The van der Waals surface area contributed by atoms with Gasteiger partial charge < -0.3 is 15.1 Å². The molecule has 1 fully saturated rings. The van der Waals surface area contributed by atoms with Crippen LogP contribution >= 0.6 is 0 Å². The van der Waals surface area contributed by atoms with E-state index in [1.165, 1.54) is 5.56 Å². The van der Waals surface area contributed by atoms with Gasteiger partial charge in [0.15, 0.2) is 0 Å². The second-order valence-corrected chi connectivity index (χ2v) is 6.28. The first kappa shape index (κ1) is 16.8. The Morgan fingerprint density at radius 2 is 1.95 bits per heavy atom. The molecule has 0 aliphatic carbocycles. The largest absolute Gasteiger partial charge is 0.334 e. The number of amides is 2. The molecule has 2 amide bonds. The third kappa shape index (κ3) is 5.31. The van der Waals surface area contributed by atoms with E-state index in [0.717, 1.165) is 44.8 Å². The molecule has 0 atom stereocenters. The highest BCUT2D eigenvalue weighted by Gasteiger charge is 2.20. The molecule has 5 heteroatoms. The number of carbonyl (C=O) groups is 1. The molecule has 0 bridgehead atoms. The lowest BCUT2D eigenvalue weighted by Crippen LogP contribution is -2.52. The van der Waals surface area contributed by atoms with E-state index in [0.29, 0.717) is 6.54 Å². The number of urea groups is 1. The Balaban J connectivity index is 1.71. The molecule has 122 valence electrons. The number of rotatable bonds is 5. The predicted molar refractivity (Wildman–Crippen MR) is 90.0 cm³/mol. The highest BCUT2D eigenvalue weighted by Crippen LogP contribution is 2.05. The first-order valence-corrected chi connectivity index (χ1v) is 8.00. The van der Waals surface area contributed by atoms with Gasteiger partial charge in [0.2, 0.25) is 0 Å². The van der Waals surface area contributed by atoms with E-state index < -0.39 is 0 Å². The number of benzene rings is 1. The van der Waals surface area contributed by atoms with Crippen molar-refractivity contribution in [3.05, 3.63) is 35.4 Å². The molecule has 0 spiro atoms. The number of carbonyl (C=O) groups excluding carboxylic acids is 1. The van der Waals surface area contributed by atoms with E-state index in [1.807, 2.05) is 17.0 Å². The molecule has 0 aromatic heterocycles. The summed E-state index contributed by atoms with van der Waals surface area (Å²) in [4.78, 5) is 18.8. The summed E-state index contributed by atoms with van der Waals surface area (Å²) in [6, 6.07) is 8.30. The maximum atomic E-state index is 12.2. The normalized spacial score (nSPS) is 16.1. The molecule has 1 aliphatic rings. The highest BCUT2D eigenvalue weighted by atomic mass is 16.2. The Morgan fingerprint density at radius 3 is 2.59 bits per heavy atom. The van der Waals surface area contributed by atoms with Crippen LogP contribution in [0.3, 0.4) is 0 Å². The van der Waals surface area contributed by atoms with Crippen LogP contribution in [-0.2, 0) is 6.54 Å². The summed E-state index contributed by atoms with van der Waals surface area (Å²) in [7, 11) is 4.18. The monoisotopic (exact) mass is 304 g/mol. The number of hydrogen-bond acceptors (Lipinski definition) is 3. The average molecular weight is 304 g/mol. The van der Waals surface area contributed by atoms with Crippen LogP contribution in [0.1, 0.15) is 11.1 Å². The average Bonchev–Trinajstić information content (AvgIpc) is 2.51. The summed E-state index contributed by atoms with van der Waals surface area (Å²) in [6.45, 7) is 8.36. The molecule has 2 rings (SSSR count). The van der Waals surface area contributed by atoms with E-state index in [2.05, 4.69) is 48.3 Å². The fraction of sp³-hybridized carbons (Fsp3) is 0.588. The Kier molecular flexibility index (Phi) is 6.21. The Hall–Kier alpha value is -1.59. The zero-order valence-electron chi connectivity index (χ0n) is 14.0. The molecular formula is C17H28N4O. The molecule has 22 heavy (non-hydrogen) atoms. The molecule has 0 saturated carbocycles. The van der Waals surface area contributed by atoms with Gasteiger partial charge in [0.25, 0.3) is 0 Å². The van der Waals surface area contributed by atoms with Crippen LogP contribution in [-0.4, -0.2) is 74.1 Å². The van der Waals surface area contributed by atoms with E-state index in [9.17, 15) is 4.79 Å². The number of nitrogens with zero attached hydrogens (tertiary/aromatic N) is 3. The van der Waals surface area contributed by atoms with Crippen LogP contribution in [0.2, 0.25) is 0 Å². The molecule has 1 aromatic rings. The van der Waals surface area contributed by atoms with E-state index in [4.69, 9.17) is 0 Å². The Labute approximate surface area is 133 Å². The minimum Gasteiger partial charge on any atom is -0.334 e. The lowest BCUT2D eigenvalue weighted by Gasteiger charge is -2.35. The number of nitrogens with one attached hydrogen (secondary N) is 1. The van der Waals surface area contributed by atoms with Gasteiger partial charge in [-0.25, -0.2) is 4.79 Å². The van der Waals surface area contributed by atoms with Crippen LogP contribution in [0.4, 0.5) is 4.79 Å². The quantitative estimate of drug-likeness (QED) is 0.893. The van der Waals surface area contributed by atoms with Gasteiger partial charge in [-0.05, 0) is 26.6 Å². The van der Waals surface area contributed by atoms with Crippen LogP contribution in [0, 0.1) is 6.92 Å². The zero-order valence-corrected chi connectivity index (χ0v) is 14.0. The lowest BCUT2D eigenvalue weighted by molar-refractivity contribution is 0.133. The molecule has 1 aromatic carbocycles. The fourth-order valence-electron chi connectivity index (χ4n) is 2.63. The van der Waals surface area contributed by atoms with Crippen molar-refractivity contribution in [3.63, 3.8) is 0 Å². The van der Waals surface area contributed by atoms with Gasteiger partial charge in [0.1, 0.15) is 0 Å². The van der Waals surface area contributed by atoms with Crippen molar-refractivity contribution < 1.29 is 4.79 Å². The van der Waals surface area contributed by atoms with Gasteiger partial charge in [-0.2, -0.15) is 0 Å². The maximum absolute atomic E-state index is 12.2. The van der Waals surface area contributed by atoms with E-state index in [-0.39, 0.29) is 6.03 Å². The van der Waals surface area contributed by atoms with Crippen molar-refractivity contribution in [2.75, 3.05) is 53.4 Å². The van der Waals surface area contributed by atoms with Crippen molar-refractivity contribution in [2.24, 2.45) is 0 Å². The van der Waals surface area contributed by atoms with Crippen LogP contribution in [0.15, 0.2) is 24.3 Å². The van der Waals surface area contributed by atoms with Crippen LogP contribution < -0.4 is 5.32 Å². The van der Waals surface area contributed by atoms with Gasteiger partial charge >= 0.3 is 6.03 Å². The van der Waals surface area contributed by atoms with Crippen molar-refractivity contribution in [2.45, 2.75) is 13.5 Å². The van der Waals surface area contributed by atoms with Crippen molar-refractivity contribution in [1.29, 1.82) is 0 Å². The molecule has 5 nitrogen and oxygen atoms in total. The molecule has 1 aliphatic heterocycles. The van der Waals surface area contributed by atoms with E-state index in [1.54, 1.807) is 0 Å². The Morgan fingerprint density at radius 1 is 1.23 bits per heavy atom. The highest BCUT2D eigenvalue weighted by molar-refractivity contribution is 5.74. The molecule has 1 heterocycles. The van der Waals surface area contributed by atoms with Crippen LogP contribution in [0.5, 0.6) is 0 Å². The SMILES string of the molecule is Cc1cccc(CNC(=O)N2CCN(CCN(C)C)CC2)c1. The van der Waals surface area contributed by atoms with Crippen LogP contribution in [0.25, 0.3) is 0 Å². The second-order valence-electron chi connectivity index (χ2n) is 6.28. The first-order chi connectivity index (χ1) is 10.5. The number of aryl methyl sites for hydroxylation is 1. The third-order valence-electron chi connectivity index (χ3n) is 4.05. The van der Waals surface area contributed by atoms with Crippen molar-refractivity contribution >= 4 is 6.03 Å². The topological polar surface area (TPSA) is 38.8 Å². The molecule has 1 saturated heterocycles. The number of hydrogen-bond donors (Lipinski definition) is 1. The predicted octanol–water partition coefficient (Wildman–Crippen LogP) is 1.38. The summed E-state index contributed by atoms with van der Waals surface area (Å²) < 4.78 is 0. The summed E-state index contributed by atoms with van der Waals surface area (Å²) >= 11 is 0. The lowest BCUT2D eigenvalue weighted by atomic mass is 10.1. The van der Waals surface area contributed by atoms with Gasteiger partial charge in [0, 0.05) is 45.8 Å². The smallest absolute Gasteiger partial charge is 0.317 e. The van der Waals surface area contributed by atoms with Gasteiger partial charge in [-0.3, -0.25) is 4.90 Å². The summed E-state index contributed by atoms with van der Waals surface area (Å²) in [5.41, 5.74) is 2.37. The fourth-order valence-corrected chi connectivity index (χ4v) is 2.63. The summed E-state index contributed by atoms with van der Waals surface area (Å²) in [5.74, 6) is 0. The minimum atomic E-state index is 0.0498. The summed E-state index contributed by atoms with van der Waals surface area (Å²) in [5, 5.41) is 3.02. The zero-order chi connectivity index (χ0) is 15.9. The maximum Gasteiger partial charge on any atom is 0.317 e. The minimum absolute atomic E-state index is 0.0498. The second kappa shape index (κ2) is 8.15. The van der Waals surface area contributed by atoms with Crippen molar-refractivity contribution in [3.8, 4) is 0 Å². The Bertz CT molecular complexity index is 481. The molecule has 1 N–H and O–H groups in total. The number of likely N-dealkylation sites (N-methyl/N-ethyl adjacent to an activating group) is 1.